The highest BCUT2D eigenvalue weighted by atomic mass is 32.1. The minimum Gasteiger partial charge on any atom is -0.302 e. The molecule has 5 heterocycles. The molecule has 4 aromatic carbocycles. The second kappa shape index (κ2) is 14.3. The molecule has 5 aromatic heterocycles. The Morgan fingerprint density at radius 3 is 0.686 bits per heavy atom. The van der Waals surface area contributed by atoms with Crippen molar-refractivity contribution in [1.82, 2.24) is 0 Å². The van der Waals surface area contributed by atoms with E-state index in [1.165, 1.54) is 49.0 Å². The van der Waals surface area contributed by atoms with Crippen LogP contribution in [0.4, 0.5) is 32.8 Å². The van der Waals surface area contributed by atoms with Crippen LogP contribution in [0.5, 0.6) is 0 Å². The van der Waals surface area contributed by atoms with Crippen LogP contribution in [0.25, 0.3) is 39.0 Å². The molecule has 2 nitrogen and oxygen atoms in total. The molecule has 7 heteroatoms. The van der Waals surface area contributed by atoms with E-state index in [9.17, 15) is 0 Å². The molecule has 0 saturated heterocycles. The van der Waals surface area contributed by atoms with Gasteiger partial charge in [0.25, 0.3) is 0 Å². The number of hydrogen-bond acceptors (Lipinski definition) is 7. The van der Waals surface area contributed by atoms with Gasteiger partial charge in [0, 0.05) is 61.8 Å². The van der Waals surface area contributed by atoms with Gasteiger partial charge in [-0.1, -0.05) is 72.8 Å². The molecule has 0 aliphatic heterocycles. The summed E-state index contributed by atoms with van der Waals surface area (Å²) in [6, 6.07) is 65.1. The van der Waals surface area contributed by atoms with Crippen LogP contribution in [0.15, 0.2) is 182 Å². The zero-order chi connectivity index (χ0) is 34.0. The largest absolute Gasteiger partial charge is 0.302 e. The summed E-state index contributed by atoms with van der Waals surface area (Å²) in [5.41, 5.74) is 4.64. The monoisotopic (exact) mass is 746 g/mol. The average Bonchev–Trinajstić information content (AvgIpc) is 4.04. The van der Waals surface area contributed by atoms with E-state index in [1.807, 2.05) is 56.7 Å². The molecule has 0 fully saturated rings. The van der Waals surface area contributed by atoms with E-state index in [0.717, 1.165) is 22.7 Å². The van der Waals surface area contributed by atoms with Crippen LogP contribution < -0.4 is 9.80 Å². The van der Waals surface area contributed by atoms with Gasteiger partial charge in [-0.3, -0.25) is 0 Å². The Morgan fingerprint density at radius 1 is 0.216 bits per heavy atom. The lowest BCUT2D eigenvalue weighted by Gasteiger charge is -2.23. The highest BCUT2D eigenvalue weighted by molar-refractivity contribution is 7.30. The summed E-state index contributed by atoms with van der Waals surface area (Å²) >= 11 is 9.29. The molecule has 9 aromatic rings. The highest BCUT2D eigenvalue weighted by Crippen LogP contribution is 2.48. The summed E-state index contributed by atoms with van der Waals surface area (Å²) in [4.78, 5) is 15.1. The third-order valence-corrected chi connectivity index (χ3v) is 14.7. The van der Waals surface area contributed by atoms with Gasteiger partial charge in [0.05, 0.1) is 0 Å². The molecule has 0 spiro atoms. The fourth-order valence-electron chi connectivity index (χ4n) is 6.08. The maximum Gasteiger partial charge on any atom is 0.101 e. The first kappa shape index (κ1) is 31.9. The van der Waals surface area contributed by atoms with Crippen molar-refractivity contribution in [2.75, 3.05) is 9.80 Å². The normalized spacial score (nSPS) is 11.1. The smallest absolute Gasteiger partial charge is 0.101 e. The fourth-order valence-corrected chi connectivity index (χ4v) is 11.6. The maximum atomic E-state index is 2.34. The minimum absolute atomic E-state index is 1.16. The number of hydrogen-bond donors (Lipinski definition) is 0. The van der Waals surface area contributed by atoms with Crippen molar-refractivity contribution in [1.29, 1.82) is 0 Å². The summed E-state index contributed by atoms with van der Waals surface area (Å²) in [7, 11) is 0. The second-order valence-corrected chi connectivity index (χ2v) is 17.2. The van der Waals surface area contributed by atoms with E-state index in [0.29, 0.717) is 0 Å². The predicted molar refractivity (Wildman–Crippen MR) is 227 cm³/mol. The second-order valence-electron chi connectivity index (χ2n) is 11.8. The standard InChI is InChI=1S/C44H30N2S5/c1-5-13-31(14-6-1)45(32-15-7-2-8-16-32)43-29-27-41(50-43)39-25-23-37(48-39)35-21-22-36(47-35)38-24-26-40(49-38)42-28-30-44(51-42)46(33-17-9-3-10-18-33)34-19-11-4-12-20-34/h1-30H. The molecule has 0 saturated carbocycles. The van der Waals surface area contributed by atoms with Crippen LogP contribution in [-0.4, -0.2) is 0 Å². The van der Waals surface area contributed by atoms with Crippen molar-refractivity contribution in [2.24, 2.45) is 0 Å². The van der Waals surface area contributed by atoms with Crippen molar-refractivity contribution in [3.63, 3.8) is 0 Å². The van der Waals surface area contributed by atoms with Gasteiger partial charge in [-0.15, -0.1) is 56.7 Å². The molecule has 0 radical (unpaired) electrons. The Labute approximate surface area is 318 Å². The zero-order valence-corrected chi connectivity index (χ0v) is 31.3. The number of para-hydroxylation sites is 4. The van der Waals surface area contributed by atoms with Crippen LogP contribution in [0.3, 0.4) is 0 Å². The first-order valence-corrected chi connectivity index (χ1v) is 20.7. The van der Waals surface area contributed by atoms with E-state index in [2.05, 4.69) is 192 Å². The molecule has 0 aliphatic rings. The maximum absolute atomic E-state index is 2.34. The van der Waals surface area contributed by atoms with Crippen LogP contribution in [0.1, 0.15) is 0 Å². The number of thiophene rings is 5. The molecule has 0 unspecified atom stereocenters. The fraction of sp³-hybridized carbons (Fsp3) is 0. The lowest BCUT2D eigenvalue weighted by atomic mass is 10.2. The Kier molecular flexibility index (Phi) is 8.96. The molecule has 9 rings (SSSR count). The lowest BCUT2D eigenvalue weighted by Crippen LogP contribution is -2.07. The molecular formula is C44H30N2S5. The van der Waals surface area contributed by atoms with Gasteiger partial charge in [0.15, 0.2) is 0 Å². The SMILES string of the molecule is c1ccc(N(c2ccccc2)c2ccc(-c3ccc(-c4ccc(-c5ccc(-c6ccc(N(c7ccccc7)c7ccccc7)s6)s5)s4)s3)s2)cc1. The highest BCUT2D eigenvalue weighted by Gasteiger charge is 2.18. The molecule has 0 aliphatic carbocycles. The number of anilines is 6. The molecule has 0 bridgehead atoms. The van der Waals surface area contributed by atoms with Gasteiger partial charge in [-0.05, 0) is 109 Å². The summed E-state index contributed by atoms with van der Waals surface area (Å²) < 4.78 is 0. The van der Waals surface area contributed by atoms with Crippen molar-refractivity contribution >= 4 is 89.4 Å². The van der Waals surface area contributed by atoms with E-state index >= 15 is 0 Å². The van der Waals surface area contributed by atoms with Crippen LogP contribution in [0.2, 0.25) is 0 Å². The average molecular weight is 747 g/mol. The number of nitrogens with zero attached hydrogens (tertiary/aromatic N) is 2. The van der Waals surface area contributed by atoms with Crippen LogP contribution in [0, 0.1) is 0 Å². The van der Waals surface area contributed by atoms with Crippen LogP contribution in [-0.2, 0) is 0 Å². The Balaban J connectivity index is 0.945. The van der Waals surface area contributed by atoms with Crippen molar-refractivity contribution < 1.29 is 0 Å². The third kappa shape index (κ3) is 6.63. The molecule has 0 amide bonds. The molecular weight excluding hydrogens is 717 g/mol. The van der Waals surface area contributed by atoms with E-state index in [4.69, 9.17) is 0 Å². The Bertz CT molecular complexity index is 2230. The zero-order valence-electron chi connectivity index (χ0n) is 27.3. The molecule has 246 valence electrons. The number of rotatable bonds is 10. The molecule has 51 heavy (non-hydrogen) atoms. The van der Waals surface area contributed by atoms with Gasteiger partial charge in [-0.2, -0.15) is 0 Å². The van der Waals surface area contributed by atoms with E-state index in [-0.39, 0.29) is 0 Å². The summed E-state index contributed by atoms with van der Waals surface area (Å²) in [5, 5.41) is 2.41. The first-order chi connectivity index (χ1) is 25.3. The van der Waals surface area contributed by atoms with Crippen molar-refractivity contribution in [3.05, 3.63) is 182 Å². The molecule has 0 atom stereocenters. The van der Waals surface area contributed by atoms with Gasteiger partial charge in [0.2, 0.25) is 0 Å². The summed E-state index contributed by atoms with van der Waals surface area (Å²) in [6.07, 6.45) is 0. The van der Waals surface area contributed by atoms with Gasteiger partial charge >= 0.3 is 0 Å². The van der Waals surface area contributed by atoms with Crippen molar-refractivity contribution in [2.45, 2.75) is 0 Å². The summed E-state index contributed by atoms with van der Waals surface area (Å²) in [6.45, 7) is 0. The Hall–Kier alpha value is -5.02. The third-order valence-electron chi connectivity index (χ3n) is 8.47. The van der Waals surface area contributed by atoms with Crippen LogP contribution >= 0.6 is 56.7 Å². The van der Waals surface area contributed by atoms with E-state index in [1.54, 1.807) is 0 Å². The van der Waals surface area contributed by atoms with Crippen molar-refractivity contribution in [3.8, 4) is 39.0 Å². The summed E-state index contributed by atoms with van der Waals surface area (Å²) in [5.74, 6) is 0. The lowest BCUT2D eigenvalue weighted by molar-refractivity contribution is 1.32. The van der Waals surface area contributed by atoms with Gasteiger partial charge < -0.3 is 9.80 Å². The predicted octanol–water partition coefficient (Wildman–Crippen LogP) is 15.6. The quantitative estimate of drug-likeness (QED) is 0.137. The minimum atomic E-state index is 1.16. The topological polar surface area (TPSA) is 6.48 Å². The van der Waals surface area contributed by atoms with Gasteiger partial charge in [0.1, 0.15) is 10.0 Å². The first-order valence-electron chi connectivity index (χ1n) is 16.6. The molecule has 0 N–H and O–H groups in total. The van der Waals surface area contributed by atoms with Gasteiger partial charge in [-0.25, -0.2) is 0 Å². The number of benzene rings is 4. The Morgan fingerprint density at radius 2 is 0.431 bits per heavy atom. The van der Waals surface area contributed by atoms with E-state index < -0.39 is 0 Å².